The molecule has 0 atom stereocenters. The zero-order valence-electron chi connectivity index (χ0n) is 9.69. The molecule has 2 aromatic heterocycles. The maximum Gasteiger partial charge on any atom is 0.199 e. The lowest BCUT2D eigenvalue weighted by atomic mass is 10.1. The van der Waals surface area contributed by atoms with Crippen LogP contribution in [0.1, 0.15) is 0 Å². The molecule has 3 rings (SSSR count). The number of methoxy groups -OCH3 is 1. The van der Waals surface area contributed by atoms with E-state index in [1.807, 2.05) is 18.2 Å². The third-order valence-electron chi connectivity index (χ3n) is 2.96. The van der Waals surface area contributed by atoms with Crippen LogP contribution in [0.2, 0.25) is 0 Å². The molecular formula is C13H12N2O3. The average molecular weight is 244 g/mol. The van der Waals surface area contributed by atoms with E-state index in [1.165, 1.54) is 6.07 Å². The molecule has 0 bridgehead atoms. The standard InChI is InChI=1S/C13H12N2O3/c1-18-7-2-3-8-10(6-14-11(8)4-7)9-5-12(16)15-13(9)17/h2-6,14-17H,1H3. The molecule has 0 aliphatic rings. The topological polar surface area (TPSA) is 81.3 Å². The van der Waals surface area contributed by atoms with E-state index in [2.05, 4.69) is 9.97 Å². The molecule has 0 radical (unpaired) electrons. The predicted molar refractivity (Wildman–Crippen MR) is 68.0 cm³/mol. The maximum atomic E-state index is 9.71. The normalized spacial score (nSPS) is 10.9. The van der Waals surface area contributed by atoms with Gasteiger partial charge in [0.1, 0.15) is 5.75 Å². The fraction of sp³-hybridized carbons (Fsp3) is 0.0769. The van der Waals surface area contributed by atoms with Crippen LogP contribution >= 0.6 is 0 Å². The summed E-state index contributed by atoms with van der Waals surface area (Å²) in [5, 5.41) is 20.0. The van der Waals surface area contributed by atoms with Gasteiger partial charge < -0.3 is 19.9 Å². The van der Waals surface area contributed by atoms with Crippen LogP contribution in [0.4, 0.5) is 0 Å². The fourth-order valence-electron chi connectivity index (χ4n) is 2.09. The molecule has 0 aliphatic heterocycles. The molecule has 3 aromatic rings. The zero-order valence-corrected chi connectivity index (χ0v) is 9.69. The molecule has 1 aromatic carbocycles. The summed E-state index contributed by atoms with van der Waals surface area (Å²) in [6.45, 7) is 0. The third kappa shape index (κ3) is 1.48. The lowest BCUT2D eigenvalue weighted by Crippen LogP contribution is -1.81. The van der Waals surface area contributed by atoms with Crippen molar-refractivity contribution in [1.82, 2.24) is 9.97 Å². The van der Waals surface area contributed by atoms with E-state index in [0.29, 0.717) is 5.56 Å². The van der Waals surface area contributed by atoms with Gasteiger partial charge in [0, 0.05) is 40.4 Å². The van der Waals surface area contributed by atoms with Crippen molar-refractivity contribution in [2.45, 2.75) is 0 Å². The fourth-order valence-corrected chi connectivity index (χ4v) is 2.09. The molecule has 0 spiro atoms. The van der Waals surface area contributed by atoms with Crippen molar-refractivity contribution in [2.75, 3.05) is 7.11 Å². The number of hydrogen-bond donors (Lipinski definition) is 4. The van der Waals surface area contributed by atoms with E-state index >= 15 is 0 Å². The Morgan fingerprint density at radius 3 is 2.61 bits per heavy atom. The number of aromatic hydroxyl groups is 2. The first-order valence-electron chi connectivity index (χ1n) is 5.45. The van der Waals surface area contributed by atoms with Gasteiger partial charge in [-0.25, -0.2) is 0 Å². The highest BCUT2D eigenvalue weighted by molar-refractivity contribution is 5.97. The number of rotatable bonds is 2. The minimum Gasteiger partial charge on any atom is -0.497 e. The van der Waals surface area contributed by atoms with Gasteiger partial charge in [-0.1, -0.05) is 0 Å². The van der Waals surface area contributed by atoms with Crippen molar-refractivity contribution in [1.29, 1.82) is 0 Å². The second-order valence-corrected chi connectivity index (χ2v) is 4.03. The maximum absolute atomic E-state index is 9.71. The smallest absolute Gasteiger partial charge is 0.199 e. The van der Waals surface area contributed by atoms with E-state index in [4.69, 9.17) is 4.74 Å². The molecule has 0 saturated heterocycles. The summed E-state index contributed by atoms with van der Waals surface area (Å²) in [6, 6.07) is 7.12. The van der Waals surface area contributed by atoms with Crippen LogP contribution in [0.5, 0.6) is 17.5 Å². The van der Waals surface area contributed by atoms with Crippen LogP contribution in [-0.2, 0) is 0 Å². The summed E-state index contributed by atoms with van der Waals surface area (Å²) in [6.07, 6.45) is 1.78. The van der Waals surface area contributed by atoms with E-state index in [9.17, 15) is 10.2 Å². The summed E-state index contributed by atoms with van der Waals surface area (Å²) >= 11 is 0. The van der Waals surface area contributed by atoms with Gasteiger partial charge in [0.05, 0.1) is 7.11 Å². The Labute approximate surface area is 103 Å². The van der Waals surface area contributed by atoms with Gasteiger partial charge in [-0.3, -0.25) is 4.98 Å². The number of aromatic nitrogens is 2. The summed E-state index contributed by atoms with van der Waals surface area (Å²) in [5.74, 6) is 0.645. The molecule has 0 saturated carbocycles. The average Bonchev–Trinajstić information content (AvgIpc) is 2.91. The second kappa shape index (κ2) is 3.73. The van der Waals surface area contributed by atoms with Gasteiger partial charge in [0.15, 0.2) is 11.8 Å². The highest BCUT2D eigenvalue weighted by Crippen LogP contribution is 2.37. The first-order chi connectivity index (χ1) is 8.69. The SMILES string of the molecule is COc1ccc2c(-c3cc(O)[nH]c3O)c[nH]c2c1. The number of fused-ring (bicyclic) bond motifs is 1. The van der Waals surface area contributed by atoms with Crippen molar-refractivity contribution in [3.8, 4) is 28.6 Å². The number of benzene rings is 1. The highest BCUT2D eigenvalue weighted by atomic mass is 16.5. The van der Waals surface area contributed by atoms with E-state index in [-0.39, 0.29) is 11.8 Å². The predicted octanol–water partition coefficient (Wildman–Crippen LogP) is 2.58. The van der Waals surface area contributed by atoms with Crippen molar-refractivity contribution in [2.24, 2.45) is 0 Å². The molecule has 0 unspecified atom stereocenters. The first-order valence-corrected chi connectivity index (χ1v) is 5.45. The molecule has 5 nitrogen and oxygen atoms in total. The molecule has 4 N–H and O–H groups in total. The highest BCUT2D eigenvalue weighted by Gasteiger charge is 2.13. The first kappa shape index (κ1) is 10.6. The molecule has 0 amide bonds. The van der Waals surface area contributed by atoms with Crippen LogP contribution in [0.15, 0.2) is 30.5 Å². The molecule has 0 aliphatic carbocycles. The van der Waals surface area contributed by atoms with Gasteiger partial charge in [0.2, 0.25) is 0 Å². The number of nitrogens with one attached hydrogen (secondary N) is 2. The number of ether oxygens (including phenoxy) is 1. The molecule has 2 heterocycles. The molecule has 0 fully saturated rings. The van der Waals surface area contributed by atoms with Crippen LogP contribution in [0.3, 0.4) is 0 Å². The number of aromatic amines is 2. The minimum absolute atomic E-state index is 0.0516. The summed E-state index contributed by atoms with van der Waals surface area (Å²) < 4.78 is 5.15. The van der Waals surface area contributed by atoms with Crippen molar-refractivity contribution >= 4 is 10.9 Å². The summed E-state index contributed by atoms with van der Waals surface area (Å²) in [7, 11) is 1.61. The van der Waals surface area contributed by atoms with E-state index in [1.54, 1.807) is 13.3 Å². The Kier molecular flexibility index (Phi) is 2.19. The number of hydrogen-bond acceptors (Lipinski definition) is 3. The van der Waals surface area contributed by atoms with E-state index < -0.39 is 0 Å². The van der Waals surface area contributed by atoms with Crippen LogP contribution in [-0.4, -0.2) is 27.3 Å². The Bertz CT molecular complexity index is 712. The van der Waals surface area contributed by atoms with Gasteiger partial charge >= 0.3 is 0 Å². The van der Waals surface area contributed by atoms with Crippen molar-refractivity contribution in [3.05, 3.63) is 30.5 Å². The van der Waals surface area contributed by atoms with Crippen LogP contribution < -0.4 is 4.74 Å². The minimum atomic E-state index is -0.0645. The van der Waals surface area contributed by atoms with Gasteiger partial charge in [-0.2, -0.15) is 0 Å². The Morgan fingerprint density at radius 1 is 1.11 bits per heavy atom. The van der Waals surface area contributed by atoms with Crippen LogP contribution in [0.25, 0.3) is 22.0 Å². The third-order valence-corrected chi connectivity index (χ3v) is 2.96. The Morgan fingerprint density at radius 2 is 1.94 bits per heavy atom. The lowest BCUT2D eigenvalue weighted by Gasteiger charge is -2.00. The summed E-state index contributed by atoms with van der Waals surface area (Å²) in [5.41, 5.74) is 2.29. The molecule has 18 heavy (non-hydrogen) atoms. The molecule has 5 heteroatoms. The van der Waals surface area contributed by atoms with E-state index in [0.717, 1.165) is 22.2 Å². The molecular weight excluding hydrogens is 232 g/mol. The monoisotopic (exact) mass is 244 g/mol. The van der Waals surface area contributed by atoms with Gasteiger partial charge in [-0.05, 0) is 12.1 Å². The lowest BCUT2D eigenvalue weighted by molar-refractivity contribution is 0.415. The van der Waals surface area contributed by atoms with Crippen molar-refractivity contribution in [3.63, 3.8) is 0 Å². The molecule has 92 valence electrons. The Balaban J connectivity index is 2.21. The second-order valence-electron chi connectivity index (χ2n) is 4.03. The quantitative estimate of drug-likeness (QED) is 0.559. The van der Waals surface area contributed by atoms with Crippen LogP contribution in [0, 0.1) is 0 Å². The zero-order chi connectivity index (χ0) is 12.7. The summed E-state index contributed by atoms with van der Waals surface area (Å²) in [4.78, 5) is 5.57. The van der Waals surface area contributed by atoms with Gasteiger partial charge in [0.25, 0.3) is 0 Å². The largest absolute Gasteiger partial charge is 0.497 e. The number of H-pyrrole nitrogens is 2. The van der Waals surface area contributed by atoms with Crippen molar-refractivity contribution < 1.29 is 14.9 Å². The van der Waals surface area contributed by atoms with Gasteiger partial charge in [-0.15, -0.1) is 0 Å². The Hall–Kier alpha value is -2.56.